The molecule has 0 saturated carbocycles. The molecular weight excluding hydrogens is 284 g/mol. The number of para-hydroxylation sites is 1. The third-order valence-corrected chi connectivity index (χ3v) is 3.67. The van der Waals surface area contributed by atoms with Gasteiger partial charge in [-0.05, 0) is 19.9 Å². The maximum Gasteiger partial charge on any atom is 0.331 e. The molecule has 2 aromatic rings. The van der Waals surface area contributed by atoms with Crippen LogP contribution in [-0.4, -0.2) is 40.8 Å². The zero-order chi connectivity index (χ0) is 16.3. The molecule has 1 amide bonds. The Kier molecular flexibility index (Phi) is 4.51. The van der Waals surface area contributed by atoms with Crippen molar-refractivity contribution in [2.75, 3.05) is 13.7 Å². The van der Waals surface area contributed by atoms with Gasteiger partial charge in [0.2, 0.25) is 0 Å². The summed E-state index contributed by atoms with van der Waals surface area (Å²) in [5, 5.41) is 12.7. The second-order valence-corrected chi connectivity index (χ2v) is 5.37. The predicted octanol–water partition coefficient (Wildman–Crippen LogP) is 1.88. The highest BCUT2D eigenvalue weighted by Crippen LogP contribution is 2.22. The van der Waals surface area contributed by atoms with E-state index in [1.807, 2.05) is 35.8 Å². The lowest BCUT2D eigenvalue weighted by Gasteiger charge is -2.25. The molecule has 118 valence electrons. The Hall–Kier alpha value is -2.34. The maximum absolute atomic E-state index is 12.5. The largest absolute Gasteiger partial charge is 0.479 e. The third kappa shape index (κ3) is 2.82. The van der Waals surface area contributed by atoms with Gasteiger partial charge < -0.3 is 19.7 Å². The number of carboxylic acids is 1. The summed E-state index contributed by atoms with van der Waals surface area (Å²) in [5.41, 5.74) is -0.0683. The molecule has 0 aliphatic carbocycles. The van der Waals surface area contributed by atoms with Gasteiger partial charge in [0, 0.05) is 30.8 Å². The average Bonchev–Trinajstić information content (AvgIpc) is 2.86. The van der Waals surface area contributed by atoms with E-state index in [1.165, 1.54) is 14.0 Å². The highest BCUT2D eigenvalue weighted by molar-refractivity contribution is 6.08. The van der Waals surface area contributed by atoms with Crippen LogP contribution in [0.3, 0.4) is 0 Å². The Labute approximate surface area is 128 Å². The molecule has 22 heavy (non-hydrogen) atoms. The molecule has 1 atom stereocenters. The molecule has 0 bridgehead atoms. The molecule has 1 aromatic heterocycles. The van der Waals surface area contributed by atoms with Crippen LogP contribution < -0.4 is 5.32 Å². The quantitative estimate of drug-likeness (QED) is 0.854. The standard InChI is InChI=1S/C16H20N2O4/c1-4-18-9-12(11-7-5-6-8-13(11)18)14(19)17-16(2,10-22-3)15(20)21/h5-9H,4,10H2,1-3H3,(H,17,19)(H,20,21). The maximum atomic E-state index is 12.5. The van der Waals surface area contributed by atoms with E-state index >= 15 is 0 Å². The zero-order valence-electron chi connectivity index (χ0n) is 12.9. The summed E-state index contributed by atoms with van der Waals surface area (Å²) in [7, 11) is 1.40. The molecule has 6 nitrogen and oxygen atoms in total. The van der Waals surface area contributed by atoms with Crippen LogP contribution >= 0.6 is 0 Å². The minimum absolute atomic E-state index is 0.111. The van der Waals surface area contributed by atoms with Crippen LogP contribution in [0, 0.1) is 0 Å². The number of nitrogens with one attached hydrogen (secondary N) is 1. The van der Waals surface area contributed by atoms with Crippen LogP contribution in [0.4, 0.5) is 0 Å². The summed E-state index contributed by atoms with van der Waals surface area (Å²) in [6, 6.07) is 7.54. The number of rotatable bonds is 6. The number of methoxy groups -OCH3 is 1. The molecular formula is C16H20N2O4. The normalized spacial score (nSPS) is 13.8. The number of carbonyl (C=O) groups excluding carboxylic acids is 1. The molecule has 0 aliphatic rings. The van der Waals surface area contributed by atoms with E-state index in [4.69, 9.17) is 4.74 Å². The SMILES string of the molecule is CCn1cc(C(=O)NC(C)(COC)C(=O)O)c2ccccc21. The molecule has 1 aromatic carbocycles. The monoisotopic (exact) mass is 304 g/mol. The van der Waals surface area contributed by atoms with Crippen molar-refractivity contribution in [1.29, 1.82) is 0 Å². The second kappa shape index (κ2) is 6.19. The van der Waals surface area contributed by atoms with Gasteiger partial charge in [0.05, 0.1) is 12.2 Å². The van der Waals surface area contributed by atoms with Gasteiger partial charge in [-0.15, -0.1) is 0 Å². The van der Waals surface area contributed by atoms with Gasteiger partial charge in [-0.1, -0.05) is 18.2 Å². The number of nitrogens with zero attached hydrogens (tertiary/aromatic N) is 1. The first-order chi connectivity index (χ1) is 10.4. The molecule has 0 aliphatic heterocycles. The molecule has 2 rings (SSSR count). The van der Waals surface area contributed by atoms with Gasteiger partial charge in [-0.25, -0.2) is 4.79 Å². The number of carboxylic acid groups (broad SMARTS) is 1. The first-order valence-electron chi connectivity index (χ1n) is 7.05. The summed E-state index contributed by atoms with van der Waals surface area (Å²) in [4.78, 5) is 23.9. The molecule has 6 heteroatoms. The summed E-state index contributed by atoms with van der Waals surface area (Å²) >= 11 is 0. The Morgan fingerprint density at radius 3 is 2.64 bits per heavy atom. The lowest BCUT2D eigenvalue weighted by molar-refractivity contribution is -0.145. The number of hydrogen-bond acceptors (Lipinski definition) is 3. The van der Waals surface area contributed by atoms with Gasteiger partial charge >= 0.3 is 5.97 Å². The number of fused-ring (bicyclic) bond motifs is 1. The lowest BCUT2D eigenvalue weighted by Crippen LogP contribution is -2.55. The van der Waals surface area contributed by atoms with Crippen LogP contribution in [0.15, 0.2) is 30.5 Å². The first-order valence-corrected chi connectivity index (χ1v) is 7.05. The van der Waals surface area contributed by atoms with Crippen molar-refractivity contribution < 1.29 is 19.4 Å². The molecule has 1 unspecified atom stereocenters. The van der Waals surface area contributed by atoms with Gasteiger partial charge in [0.25, 0.3) is 5.91 Å². The van der Waals surface area contributed by atoms with E-state index < -0.39 is 17.4 Å². The number of ether oxygens (including phenoxy) is 1. The van der Waals surface area contributed by atoms with E-state index in [9.17, 15) is 14.7 Å². The van der Waals surface area contributed by atoms with Crippen molar-refractivity contribution in [2.24, 2.45) is 0 Å². The van der Waals surface area contributed by atoms with Crippen LogP contribution in [0.1, 0.15) is 24.2 Å². The molecule has 0 fully saturated rings. The van der Waals surface area contributed by atoms with Gasteiger partial charge in [0.15, 0.2) is 5.54 Å². The summed E-state index contributed by atoms with van der Waals surface area (Å²) in [5.74, 6) is -1.56. The van der Waals surface area contributed by atoms with Crippen molar-refractivity contribution in [1.82, 2.24) is 9.88 Å². The summed E-state index contributed by atoms with van der Waals surface area (Å²) in [6.07, 6.45) is 1.75. The van der Waals surface area contributed by atoms with E-state index in [1.54, 1.807) is 6.20 Å². The van der Waals surface area contributed by atoms with E-state index in [2.05, 4.69) is 5.32 Å². The fourth-order valence-corrected chi connectivity index (χ4v) is 2.45. The number of aryl methyl sites for hydroxylation is 1. The van der Waals surface area contributed by atoms with Crippen LogP contribution in [0.25, 0.3) is 10.9 Å². The minimum Gasteiger partial charge on any atom is -0.479 e. The van der Waals surface area contributed by atoms with Gasteiger partial charge in [0.1, 0.15) is 0 Å². The summed E-state index contributed by atoms with van der Waals surface area (Å²) < 4.78 is 6.88. The van der Waals surface area contributed by atoms with Crippen molar-refractivity contribution in [3.05, 3.63) is 36.0 Å². The number of hydrogen-bond donors (Lipinski definition) is 2. The van der Waals surface area contributed by atoms with Crippen molar-refractivity contribution >= 4 is 22.8 Å². The van der Waals surface area contributed by atoms with Crippen LogP contribution in [-0.2, 0) is 16.1 Å². The fourth-order valence-electron chi connectivity index (χ4n) is 2.45. The minimum atomic E-state index is -1.47. The Morgan fingerprint density at radius 2 is 2.05 bits per heavy atom. The van der Waals surface area contributed by atoms with Crippen LogP contribution in [0.2, 0.25) is 0 Å². The highest BCUT2D eigenvalue weighted by atomic mass is 16.5. The summed E-state index contributed by atoms with van der Waals surface area (Å²) in [6.45, 7) is 4.03. The van der Waals surface area contributed by atoms with Crippen molar-refractivity contribution in [3.8, 4) is 0 Å². The molecule has 0 spiro atoms. The molecule has 1 heterocycles. The fraction of sp³-hybridized carbons (Fsp3) is 0.375. The zero-order valence-corrected chi connectivity index (χ0v) is 12.9. The predicted molar refractivity (Wildman–Crippen MR) is 83.0 cm³/mol. The number of aromatic nitrogens is 1. The Morgan fingerprint density at radius 1 is 1.36 bits per heavy atom. The second-order valence-electron chi connectivity index (χ2n) is 5.37. The number of benzene rings is 1. The highest BCUT2D eigenvalue weighted by Gasteiger charge is 2.35. The first kappa shape index (κ1) is 16.0. The van der Waals surface area contributed by atoms with Crippen molar-refractivity contribution in [2.45, 2.75) is 25.9 Å². The third-order valence-electron chi connectivity index (χ3n) is 3.67. The van der Waals surface area contributed by atoms with E-state index in [-0.39, 0.29) is 6.61 Å². The number of aliphatic carboxylic acids is 1. The average molecular weight is 304 g/mol. The topological polar surface area (TPSA) is 80.6 Å². The van der Waals surface area contributed by atoms with Crippen LogP contribution in [0.5, 0.6) is 0 Å². The Balaban J connectivity index is 2.40. The van der Waals surface area contributed by atoms with E-state index in [0.717, 1.165) is 17.4 Å². The lowest BCUT2D eigenvalue weighted by atomic mass is 10.0. The van der Waals surface area contributed by atoms with Crippen molar-refractivity contribution in [3.63, 3.8) is 0 Å². The molecule has 2 N–H and O–H groups in total. The molecule has 0 saturated heterocycles. The Bertz CT molecular complexity index is 707. The van der Waals surface area contributed by atoms with E-state index in [0.29, 0.717) is 5.56 Å². The number of amides is 1. The smallest absolute Gasteiger partial charge is 0.331 e. The van der Waals surface area contributed by atoms with Gasteiger partial charge in [-0.2, -0.15) is 0 Å². The number of carbonyl (C=O) groups is 2. The van der Waals surface area contributed by atoms with Gasteiger partial charge in [-0.3, -0.25) is 4.79 Å². The molecule has 0 radical (unpaired) electrons.